The van der Waals surface area contributed by atoms with Gasteiger partial charge in [0, 0.05) is 0 Å². The van der Waals surface area contributed by atoms with E-state index in [9.17, 15) is 0 Å². The lowest BCUT2D eigenvalue weighted by Gasteiger charge is -1.99. The van der Waals surface area contributed by atoms with Crippen molar-refractivity contribution >= 4 is 0 Å². The molecule has 0 spiro atoms. The Balaban J connectivity index is 2.76. The summed E-state index contributed by atoms with van der Waals surface area (Å²) in [5.74, 6) is 1.72. The van der Waals surface area contributed by atoms with Crippen LogP contribution in [-0.4, -0.2) is 0 Å². The molecule has 2 nitrogen and oxygen atoms in total. The van der Waals surface area contributed by atoms with Crippen LogP contribution in [0.25, 0.3) is 0 Å². The molecule has 11 heavy (non-hydrogen) atoms. The molecular formula is C9H13NO. The highest BCUT2D eigenvalue weighted by atomic mass is 16.3. The van der Waals surface area contributed by atoms with Crippen molar-refractivity contribution in [2.24, 2.45) is 5.73 Å². The third-order valence-corrected chi connectivity index (χ3v) is 1.49. The second-order valence-corrected chi connectivity index (χ2v) is 2.50. The van der Waals surface area contributed by atoms with E-state index in [1.165, 1.54) is 0 Å². The number of furan rings is 1. The van der Waals surface area contributed by atoms with Gasteiger partial charge in [0.2, 0.25) is 0 Å². The van der Waals surface area contributed by atoms with E-state index >= 15 is 0 Å². The molecule has 0 bridgehead atoms. The number of rotatable bonds is 2. The molecule has 0 saturated carbocycles. The van der Waals surface area contributed by atoms with E-state index in [0.29, 0.717) is 0 Å². The Bertz CT molecular complexity index is 250. The SMILES string of the molecule is C/C=C/C(N)c1ccc(C)o1. The van der Waals surface area contributed by atoms with Crippen LogP contribution in [0.4, 0.5) is 0 Å². The van der Waals surface area contributed by atoms with Gasteiger partial charge in [-0.25, -0.2) is 0 Å². The quantitative estimate of drug-likeness (QED) is 0.658. The molecule has 0 aromatic carbocycles. The Hall–Kier alpha value is -1.02. The number of hydrogen-bond acceptors (Lipinski definition) is 2. The van der Waals surface area contributed by atoms with Crippen LogP contribution < -0.4 is 5.73 Å². The summed E-state index contributed by atoms with van der Waals surface area (Å²) in [5.41, 5.74) is 5.74. The fourth-order valence-electron chi connectivity index (χ4n) is 0.935. The molecule has 1 unspecified atom stereocenters. The number of aryl methyl sites for hydroxylation is 1. The third-order valence-electron chi connectivity index (χ3n) is 1.49. The van der Waals surface area contributed by atoms with Crippen LogP contribution in [0.2, 0.25) is 0 Å². The van der Waals surface area contributed by atoms with E-state index in [4.69, 9.17) is 10.2 Å². The minimum absolute atomic E-state index is 0.103. The monoisotopic (exact) mass is 151 g/mol. The first kappa shape index (κ1) is 8.08. The highest BCUT2D eigenvalue weighted by molar-refractivity contribution is 5.13. The van der Waals surface area contributed by atoms with Crippen molar-refractivity contribution in [3.05, 3.63) is 35.8 Å². The summed E-state index contributed by atoms with van der Waals surface area (Å²) in [7, 11) is 0. The van der Waals surface area contributed by atoms with Crippen molar-refractivity contribution in [1.82, 2.24) is 0 Å². The average molecular weight is 151 g/mol. The second kappa shape index (κ2) is 3.39. The predicted octanol–water partition coefficient (Wildman–Crippen LogP) is 2.16. The van der Waals surface area contributed by atoms with Crippen molar-refractivity contribution in [1.29, 1.82) is 0 Å². The number of allylic oxidation sites excluding steroid dienone is 1. The van der Waals surface area contributed by atoms with Gasteiger partial charge < -0.3 is 10.2 Å². The zero-order chi connectivity index (χ0) is 8.27. The standard InChI is InChI=1S/C9H13NO/c1-3-4-8(10)9-6-5-7(2)11-9/h3-6,8H,10H2,1-2H3/b4-3+. The van der Waals surface area contributed by atoms with Crippen molar-refractivity contribution < 1.29 is 4.42 Å². The summed E-state index contributed by atoms with van der Waals surface area (Å²) in [6, 6.07) is 3.72. The molecule has 2 N–H and O–H groups in total. The van der Waals surface area contributed by atoms with Gasteiger partial charge in [-0.1, -0.05) is 12.2 Å². The average Bonchev–Trinajstić information content (AvgIpc) is 2.36. The lowest BCUT2D eigenvalue weighted by Crippen LogP contribution is -2.04. The van der Waals surface area contributed by atoms with Gasteiger partial charge in [0.05, 0.1) is 6.04 Å². The lowest BCUT2D eigenvalue weighted by atomic mass is 10.2. The maximum atomic E-state index is 5.74. The van der Waals surface area contributed by atoms with Gasteiger partial charge in [0.25, 0.3) is 0 Å². The molecule has 1 atom stereocenters. The van der Waals surface area contributed by atoms with E-state index in [-0.39, 0.29) is 6.04 Å². The van der Waals surface area contributed by atoms with E-state index in [1.807, 2.05) is 38.1 Å². The minimum atomic E-state index is -0.103. The normalized spacial score (nSPS) is 14.1. The molecule has 2 heteroatoms. The fraction of sp³-hybridized carbons (Fsp3) is 0.333. The van der Waals surface area contributed by atoms with Crippen LogP contribution in [-0.2, 0) is 0 Å². The molecule has 1 aromatic heterocycles. The molecule has 0 saturated heterocycles. The fourth-order valence-corrected chi connectivity index (χ4v) is 0.935. The first-order chi connectivity index (χ1) is 5.24. The Kier molecular flexibility index (Phi) is 2.49. The van der Waals surface area contributed by atoms with Gasteiger partial charge in [0.1, 0.15) is 11.5 Å². The van der Waals surface area contributed by atoms with Gasteiger partial charge in [-0.05, 0) is 26.0 Å². The zero-order valence-corrected chi connectivity index (χ0v) is 6.87. The van der Waals surface area contributed by atoms with Gasteiger partial charge in [0.15, 0.2) is 0 Å². The lowest BCUT2D eigenvalue weighted by molar-refractivity contribution is 0.469. The second-order valence-electron chi connectivity index (χ2n) is 2.50. The molecule has 60 valence electrons. The summed E-state index contributed by atoms with van der Waals surface area (Å²) < 4.78 is 5.32. The molecule has 0 radical (unpaired) electrons. The molecule has 1 rings (SSSR count). The Morgan fingerprint density at radius 2 is 2.27 bits per heavy atom. The molecular weight excluding hydrogens is 138 g/mol. The first-order valence-corrected chi connectivity index (χ1v) is 3.68. The Morgan fingerprint density at radius 3 is 2.73 bits per heavy atom. The zero-order valence-electron chi connectivity index (χ0n) is 6.87. The molecule has 1 aromatic rings. The highest BCUT2D eigenvalue weighted by Crippen LogP contribution is 2.14. The summed E-state index contributed by atoms with van der Waals surface area (Å²) in [5, 5.41) is 0. The van der Waals surface area contributed by atoms with E-state index in [2.05, 4.69) is 0 Å². The number of hydrogen-bond donors (Lipinski definition) is 1. The topological polar surface area (TPSA) is 39.2 Å². The molecule has 1 heterocycles. The van der Waals surface area contributed by atoms with E-state index < -0.39 is 0 Å². The van der Waals surface area contributed by atoms with Gasteiger partial charge in [-0.15, -0.1) is 0 Å². The molecule has 0 amide bonds. The predicted molar refractivity (Wildman–Crippen MR) is 45.2 cm³/mol. The molecule has 0 aliphatic carbocycles. The molecule has 0 aliphatic heterocycles. The first-order valence-electron chi connectivity index (χ1n) is 3.68. The van der Waals surface area contributed by atoms with Crippen LogP contribution in [0.15, 0.2) is 28.7 Å². The van der Waals surface area contributed by atoms with Crippen molar-refractivity contribution in [3.63, 3.8) is 0 Å². The summed E-state index contributed by atoms with van der Waals surface area (Å²) in [6.45, 7) is 3.85. The third kappa shape index (κ3) is 1.95. The van der Waals surface area contributed by atoms with Crippen LogP contribution in [0, 0.1) is 6.92 Å². The highest BCUT2D eigenvalue weighted by Gasteiger charge is 2.04. The van der Waals surface area contributed by atoms with Gasteiger partial charge >= 0.3 is 0 Å². The maximum Gasteiger partial charge on any atom is 0.124 e. The maximum absolute atomic E-state index is 5.74. The molecule has 0 aliphatic rings. The van der Waals surface area contributed by atoms with Gasteiger partial charge in [-0.3, -0.25) is 0 Å². The molecule has 0 fully saturated rings. The minimum Gasteiger partial charge on any atom is -0.464 e. The van der Waals surface area contributed by atoms with Crippen LogP contribution in [0.3, 0.4) is 0 Å². The summed E-state index contributed by atoms with van der Waals surface area (Å²) >= 11 is 0. The van der Waals surface area contributed by atoms with E-state index in [0.717, 1.165) is 11.5 Å². The summed E-state index contributed by atoms with van der Waals surface area (Å²) in [4.78, 5) is 0. The van der Waals surface area contributed by atoms with Crippen LogP contribution >= 0.6 is 0 Å². The van der Waals surface area contributed by atoms with Crippen LogP contribution in [0.1, 0.15) is 24.5 Å². The van der Waals surface area contributed by atoms with Crippen molar-refractivity contribution in [2.45, 2.75) is 19.9 Å². The van der Waals surface area contributed by atoms with Crippen LogP contribution in [0.5, 0.6) is 0 Å². The number of nitrogens with two attached hydrogens (primary N) is 1. The van der Waals surface area contributed by atoms with Crippen molar-refractivity contribution in [3.8, 4) is 0 Å². The van der Waals surface area contributed by atoms with Crippen molar-refractivity contribution in [2.75, 3.05) is 0 Å². The van der Waals surface area contributed by atoms with Gasteiger partial charge in [-0.2, -0.15) is 0 Å². The summed E-state index contributed by atoms with van der Waals surface area (Å²) in [6.07, 6.45) is 3.82. The Morgan fingerprint density at radius 1 is 1.55 bits per heavy atom. The van der Waals surface area contributed by atoms with E-state index in [1.54, 1.807) is 0 Å². The largest absolute Gasteiger partial charge is 0.464 e. The smallest absolute Gasteiger partial charge is 0.124 e. The Labute approximate surface area is 66.7 Å².